The SMILES string of the molecule is CC(C)CN(Cc1cccc(OS(=O)(=O)c2ccc(F)cc2)c1)C(=O)CC(C)(C)C. The van der Waals surface area contributed by atoms with Crippen molar-refractivity contribution in [2.24, 2.45) is 11.3 Å². The molecule has 0 bridgehead atoms. The summed E-state index contributed by atoms with van der Waals surface area (Å²) in [6.45, 7) is 11.1. The molecule has 0 aliphatic carbocycles. The van der Waals surface area contributed by atoms with E-state index in [0.29, 0.717) is 25.4 Å². The van der Waals surface area contributed by atoms with Crippen LogP contribution in [0, 0.1) is 17.2 Å². The summed E-state index contributed by atoms with van der Waals surface area (Å²) in [5.41, 5.74) is 0.644. The molecule has 0 spiro atoms. The summed E-state index contributed by atoms with van der Waals surface area (Å²) in [4.78, 5) is 14.5. The summed E-state index contributed by atoms with van der Waals surface area (Å²) < 4.78 is 43.2. The molecule has 1 amide bonds. The zero-order valence-electron chi connectivity index (χ0n) is 18.2. The quantitative estimate of drug-likeness (QED) is 0.547. The van der Waals surface area contributed by atoms with Crippen LogP contribution in [0.4, 0.5) is 4.39 Å². The molecule has 0 fully saturated rings. The molecular weight excluding hydrogens is 405 g/mol. The second-order valence-electron chi connectivity index (χ2n) is 9.04. The fraction of sp³-hybridized carbons (Fsp3) is 0.435. The Morgan fingerprint density at radius 1 is 1.10 bits per heavy atom. The van der Waals surface area contributed by atoms with Crippen LogP contribution < -0.4 is 4.18 Å². The maximum Gasteiger partial charge on any atom is 0.339 e. The average molecular weight is 436 g/mol. The molecule has 2 rings (SSSR count). The molecule has 0 aromatic heterocycles. The van der Waals surface area contributed by atoms with Crippen LogP contribution in [0.1, 0.15) is 46.6 Å². The molecule has 0 atom stereocenters. The minimum Gasteiger partial charge on any atom is -0.379 e. The monoisotopic (exact) mass is 435 g/mol. The van der Waals surface area contributed by atoms with Gasteiger partial charge < -0.3 is 9.08 Å². The van der Waals surface area contributed by atoms with Crippen molar-refractivity contribution in [3.8, 4) is 5.75 Å². The maximum absolute atomic E-state index is 13.1. The van der Waals surface area contributed by atoms with Gasteiger partial charge in [-0.05, 0) is 53.3 Å². The summed E-state index contributed by atoms with van der Waals surface area (Å²) >= 11 is 0. The molecule has 0 saturated carbocycles. The van der Waals surface area contributed by atoms with Gasteiger partial charge in [-0.15, -0.1) is 0 Å². The predicted octanol–water partition coefficient (Wildman–Crippen LogP) is 5.01. The van der Waals surface area contributed by atoms with E-state index in [9.17, 15) is 17.6 Å². The van der Waals surface area contributed by atoms with Crippen molar-refractivity contribution in [2.75, 3.05) is 6.54 Å². The van der Waals surface area contributed by atoms with E-state index in [1.807, 2.05) is 40.7 Å². The number of hydrogen-bond donors (Lipinski definition) is 0. The van der Waals surface area contributed by atoms with Crippen LogP contribution in [0.3, 0.4) is 0 Å². The highest BCUT2D eigenvalue weighted by Crippen LogP contribution is 2.24. The van der Waals surface area contributed by atoms with Crippen LogP contribution in [-0.4, -0.2) is 25.8 Å². The first-order chi connectivity index (χ1) is 13.9. The van der Waals surface area contributed by atoms with Gasteiger partial charge in [0, 0.05) is 19.5 Å². The molecule has 164 valence electrons. The molecule has 2 aromatic carbocycles. The Morgan fingerprint density at radius 3 is 2.30 bits per heavy atom. The van der Waals surface area contributed by atoms with Crippen LogP contribution in [0.2, 0.25) is 0 Å². The highest BCUT2D eigenvalue weighted by Gasteiger charge is 2.22. The highest BCUT2D eigenvalue weighted by atomic mass is 32.2. The van der Waals surface area contributed by atoms with Crippen molar-refractivity contribution < 1.29 is 21.8 Å². The molecular formula is C23H30FNO4S. The Bertz CT molecular complexity index is 963. The Kier molecular flexibility index (Phi) is 7.64. The van der Waals surface area contributed by atoms with Gasteiger partial charge in [0.05, 0.1) is 0 Å². The van der Waals surface area contributed by atoms with Gasteiger partial charge >= 0.3 is 10.1 Å². The molecule has 30 heavy (non-hydrogen) atoms. The molecule has 5 nitrogen and oxygen atoms in total. The molecule has 0 aliphatic rings. The van der Waals surface area contributed by atoms with Crippen molar-refractivity contribution in [1.29, 1.82) is 0 Å². The van der Waals surface area contributed by atoms with Gasteiger partial charge in [0.15, 0.2) is 0 Å². The first-order valence-corrected chi connectivity index (χ1v) is 11.3. The van der Waals surface area contributed by atoms with Gasteiger partial charge in [-0.1, -0.05) is 46.8 Å². The number of carbonyl (C=O) groups is 1. The summed E-state index contributed by atoms with van der Waals surface area (Å²) in [7, 11) is -4.08. The van der Waals surface area contributed by atoms with E-state index in [0.717, 1.165) is 29.8 Å². The summed E-state index contributed by atoms with van der Waals surface area (Å²) in [5, 5.41) is 0. The Balaban J connectivity index is 2.19. The van der Waals surface area contributed by atoms with Gasteiger partial charge in [0.25, 0.3) is 0 Å². The highest BCUT2D eigenvalue weighted by molar-refractivity contribution is 7.87. The van der Waals surface area contributed by atoms with Gasteiger partial charge in [-0.25, -0.2) is 4.39 Å². The molecule has 0 N–H and O–H groups in total. The van der Waals surface area contributed by atoms with Crippen molar-refractivity contribution in [2.45, 2.75) is 52.5 Å². The van der Waals surface area contributed by atoms with Crippen molar-refractivity contribution >= 4 is 16.0 Å². The smallest absolute Gasteiger partial charge is 0.339 e. The number of hydrogen-bond acceptors (Lipinski definition) is 4. The lowest BCUT2D eigenvalue weighted by Gasteiger charge is -2.28. The Morgan fingerprint density at radius 2 is 1.73 bits per heavy atom. The second kappa shape index (κ2) is 9.60. The molecule has 0 aliphatic heterocycles. The summed E-state index contributed by atoms with van der Waals surface area (Å²) in [5.74, 6) is -0.0284. The number of carbonyl (C=O) groups excluding carboxylic acids is 1. The van der Waals surface area contributed by atoms with Crippen LogP contribution >= 0.6 is 0 Å². The zero-order valence-corrected chi connectivity index (χ0v) is 19.0. The number of nitrogens with zero attached hydrogens (tertiary/aromatic N) is 1. The van der Waals surface area contributed by atoms with E-state index < -0.39 is 15.9 Å². The van der Waals surface area contributed by atoms with Gasteiger partial charge in [0.2, 0.25) is 5.91 Å². The predicted molar refractivity (Wildman–Crippen MR) is 115 cm³/mol. The lowest BCUT2D eigenvalue weighted by atomic mass is 9.91. The molecule has 2 aromatic rings. The van der Waals surface area contributed by atoms with Crippen molar-refractivity contribution in [1.82, 2.24) is 4.90 Å². The third kappa shape index (κ3) is 7.44. The summed E-state index contributed by atoms with van der Waals surface area (Å²) in [6, 6.07) is 11.1. The minimum absolute atomic E-state index is 0.0569. The Labute approximate surface area is 179 Å². The van der Waals surface area contributed by atoms with Gasteiger partial charge in [-0.2, -0.15) is 8.42 Å². The molecule has 0 radical (unpaired) electrons. The summed E-state index contributed by atoms with van der Waals surface area (Å²) in [6.07, 6.45) is 0.425. The molecule has 7 heteroatoms. The van der Waals surface area contributed by atoms with Gasteiger partial charge in [-0.3, -0.25) is 4.79 Å². The largest absolute Gasteiger partial charge is 0.379 e. The van der Waals surface area contributed by atoms with Crippen LogP contribution in [-0.2, 0) is 21.5 Å². The van der Waals surface area contributed by atoms with E-state index in [1.165, 1.54) is 6.07 Å². The van der Waals surface area contributed by atoms with Gasteiger partial charge in [0.1, 0.15) is 16.5 Å². The minimum atomic E-state index is -4.08. The lowest BCUT2D eigenvalue weighted by molar-refractivity contribution is -0.134. The Hall–Kier alpha value is -2.41. The van der Waals surface area contributed by atoms with E-state index >= 15 is 0 Å². The van der Waals surface area contributed by atoms with E-state index in [4.69, 9.17) is 4.18 Å². The lowest BCUT2D eigenvalue weighted by Crippen LogP contribution is -2.35. The fourth-order valence-corrected chi connectivity index (χ4v) is 3.88. The number of amides is 1. The number of benzene rings is 2. The fourth-order valence-electron chi connectivity index (χ4n) is 2.95. The topological polar surface area (TPSA) is 63.7 Å². The first-order valence-electron chi connectivity index (χ1n) is 9.92. The number of halogens is 1. The second-order valence-corrected chi connectivity index (χ2v) is 10.6. The molecule has 0 saturated heterocycles. The standard InChI is InChI=1S/C23H30FNO4S/c1-17(2)15-25(22(26)14-23(3,4)5)16-18-7-6-8-20(13-18)29-30(27,28)21-11-9-19(24)10-12-21/h6-13,17H,14-16H2,1-5H3. The van der Waals surface area contributed by atoms with Crippen LogP contribution in [0.25, 0.3) is 0 Å². The molecule has 0 unspecified atom stereocenters. The van der Waals surface area contributed by atoms with E-state index in [1.54, 1.807) is 17.0 Å². The molecule has 0 heterocycles. The van der Waals surface area contributed by atoms with Crippen molar-refractivity contribution in [3.05, 3.63) is 59.9 Å². The maximum atomic E-state index is 13.1. The van der Waals surface area contributed by atoms with E-state index in [-0.39, 0.29) is 22.0 Å². The van der Waals surface area contributed by atoms with Crippen molar-refractivity contribution in [3.63, 3.8) is 0 Å². The van der Waals surface area contributed by atoms with Crippen LogP contribution in [0.5, 0.6) is 5.75 Å². The zero-order chi connectivity index (χ0) is 22.5. The van der Waals surface area contributed by atoms with E-state index in [2.05, 4.69) is 0 Å². The number of rotatable bonds is 8. The first kappa shape index (κ1) is 23.9. The third-order valence-electron chi connectivity index (χ3n) is 4.20. The van der Waals surface area contributed by atoms with Crippen LogP contribution in [0.15, 0.2) is 53.4 Å². The normalized spacial score (nSPS) is 12.1. The average Bonchev–Trinajstić information content (AvgIpc) is 2.59. The third-order valence-corrected chi connectivity index (χ3v) is 5.46.